The Morgan fingerprint density at radius 3 is 2.46 bits per heavy atom. The van der Waals surface area contributed by atoms with Gasteiger partial charge >= 0.3 is 0 Å². The van der Waals surface area contributed by atoms with Crippen molar-refractivity contribution >= 4 is 11.6 Å². The SMILES string of the molecule is C/N=C(\C(=O)NCCc1ccc(OC)c(OC)c1)c1ccc2c(c1)CCCC2. The predicted octanol–water partition coefficient (Wildman–Crippen LogP) is 3.36. The molecule has 1 aliphatic rings. The summed E-state index contributed by atoms with van der Waals surface area (Å²) in [6.45, 7) is 0.526. The van der Waals surface area contributed by atoms with Crippen LogP contribution in [0, 0.1) is 0 Å². The molecule has 0 heterocycles. The molecule has 0 aliphatic heterocycles. The van der Waals surface area contributed by atoms with Crippen LogP contribution in [0.3, 0.4) is 0 Å². The molecule has 5 nitrogen and oxygen atoms in total. The Bertz CT molecular complexity index is 874. The fraction of sp³-hybridized carbons (Fsp3) is 0.391. The van der Waals surface area contributed by atoms with Crippen LogP contribution >= 0.6 is 0 Å². The van der Waals surface area contributed by atoms with Gasteiger partial charge in [0.2, 0.25) is 0 Å². The van der Waals surface area contributed by atoms with Gasteiger partial charge in [-0.3, -0.25) is 9.79 Å². The van der Waals surface area contributed by atoms with E-state index in [1.165, 1.54) is 24.0 Å². The minimum Gasteiger partial charge on any atom is -0.493 e. The van der Waals surface area contributed by atoms with Crippen molar-refractivity contribution in [3.63, 3.8) is 0 Å². The number of amides is 1. The number of carbonyl (C=O) groups excluding carboxylic acids is 1. The standard InChI is InChI=1S/C23H28N2O3/c1-24-22(19-10-9-17-6-4-5-7-18(17)15-19)23(26)25-13-12-16-8-11-20(27-2)21(14-16)28-3/h8-11,14-15H,4-7,12-13H2,1-3H3,(H,25,26)/b24-22-. The molecule has 3 rings (SSSR count). The van der Waals surface area contributed by atoms with E-state index in [0.717, 1.165) is 24.0 Å². The number of fused-ring (bicyclic) bond motifs is 1. The Morgan fingerprint density at radius 1 is 1.00 bits per heavy atom. The third-order valence-corrected chi connectivity index (χ3v) is 5.21. The molecule has 0 radical (unpaired) electrons. The molecule has 0 aromatic heterocycles. The number of ether oxygens (including phenoxy) is 2. The van der Waals surface area contributed by atoms with Gasteiger partial charge in [-0.15, -0.1) is 0 Å². The maximum atomic E-state index is 12.7. The molecule has 0 unspecified atom stereocenters. The highest BCUT2D eigenvalue weighted by molar-refractivity contribution is 6.45. The summed E-state index contributed by atoms with van der Waals surface area (Å²) >= 11 is 0. The van der Waals surface area contributed by atoms with Gasteiger partial charge in [0.25, 0.3) is 5.91 Å². The van der Waals surface area contributed by atoms with E-state index in [1.807, 2.05) is 24.3 Å². The van der Waals surface area contributed by atoms with Crippen molar-refractivity contribution in [3.8, 4) is 11.5 Å². The quantitative estimate of drug-likeness (QED) is 0.750. The highest BCUT2D eigenvalue weighted by atomic mass is 16.5. The summed E-state index contributed by atoms with van der Waals surface area (Å²) in [5.41, 5.74) is 5.21. The molecule has 2 aromatic rings. The molecule has 0 fully saturated rings. The van der Waals surface area contributed by atoms with Crippen molar-refractivity contribution in [1.29, 1.82) is 0 Å². The smallest absolute Gasteiger partial charge is 0.270 e. The lowest BCUT2D eigenvalue weighted by Gasteiger charge is -2.17. The first-order valence-corrected chi connectivity index (χ1v) is 9.74. The second kappa shape index (κ2) is 9.40. The molecule has 0 bridgehead atoms. The zero-order valence-electron chi connectivity index (χ0n) is 16.9. The topological polar surface area (TPSA) is 59.9 Å². The fourth-order valence-electron chi connectivity index (χ4n) is 3.68. The van der Waals surface area contributed by atoms with Crippen LogP contribution in [0.5, 0.6) is 11.5 Å². The van der Waals surface area contributed by atoms with Gasteiger partial charge in [0.15, 0.2) is 11.5 Å². The summed E-state index contributed by atoms with van der Waals surface area (Å²) in [6.07, 6.45) is 5.38. The van der Waals surface area contributed by atoms with Crippen molar-refractivity contribution < 1.29 is 14.3 Å². The summed E-state index contributed by atoms with van der Waals surface area (Å²) in [5, 5.41) is 2.98. The molecule has 0 saturated carbocycles. The Kier molecular flexibility index (Phi) is 6.69. The number of carbonyl (C=O) groups is 1. The monoisotopic (exact) mass is 380 g/mol. The molecule has 1 amide bonds. The molecule has 0 atom stereocenters. The second-order valence-electron chi connectivity index (χ2n) is 6.96. The zero-order chi connectivity index (χ0) is 19.9. The maximum absolute atomic E-state index is 12.7. The van der Waals surface area contributed by atoms with Gasteiger partial charge in [-0.2, -0.15) is 0 Å². The highest BCUT2D eigenvalue weighted by Crippen LogP contribution is 2.27. The Balaban J connectivity index is 1.62. The molecular formula is C23H28N2O3. The minimum atomic E-state index is -0.140. The van der Waals surface area contributed by atoms with Gasteiger partial charge < -0.3 is 14.8 Å². The normalized spacial score (nSPS) is 13.6. The zero-order valence-corrected chi connectivity index (χ0v) is 16.9. The molecular weight excluding hydrogens is 352 g/mol. The average molecular weight is 380 g/mol. The summed E-state index contributed by atoms with van der Waals surface area (Å²) in [5.74, 6) is 1.25. The van der Waals surface area contributed by atoms with Crippen LogP contribution in [-0.2, 0) is 24.1 Å². The number of benzene rings is 2. The van der Waals surface area contributed by atoms with Crippen LogP contribution in [0.2, 0.25) is 0 Å². The van der Waals surface area contributed by atoms with E-state index < -0.39 is 0 Å². The van der Waals surface area contributed by atoms with E-state index in [4.69, 9.17) is 9.47 Å². The van der Waals surface area contributed by atoms with E-state index >= 15 is 0 Å². The van der Waals surface area contributed by atoms with Crippen LogP contribution < -0.4 is 14.8 Å². The first-order chi connectivity index (χ1) is 13.7. The number of rotatable bonds is 7. The third kappa shape index (κ3) is 4.53. The minimum absolute atomic E-state index is 0.140. The van der Waals surface area contributed by atoms with E-state index in [0.29, 0.717) is 30.2 Å². The Morgan fingerprint density at radius 2 is 1.75 bits per heavy atom. The van der Waals surface area contributed by atoms with Crippen molar-refractivity contribution in [2.24, 2.45) is 4.99 Å². The lowest BCUT2D eigenvalue weighted by atomic mass is 9.89. The van der Waals surface area contributed by atoms with E-state index in [9.17, 15) is 4.79 Å². The number of hydrogen-bond acceptors (Lipinski definition) is 4. The average Bonchev–Trinajstić information content (AvgIpc) is 2.74. The molecule has 148 valence electrons. The largest absolute Gasteiger partial charge is 0.493 e. The molecule has 5 heteroatoms. The van der Waals surface area contributed by atoms with Crippen LogP contribution in [-0.4, -0.2) is 39.4 Å². The van der Waals surface area contributed by atoms with Crippen LogP contribution in [0.25, 0.3) is 0 Å². The van der Waals surface area contributed by atoms with E-state index in [2.05, 4.69) is 22.4 Å². The van der Waals surface area contributed by atoms with Crippen molar-refractivity contribution in [1.82, 2.24) is 5.32 Å². The van der Waals surface area contributed by atoms with Gasteiger partial charge in [-0.05, 0) is 67.0 Å². The van der Waals surface area contributed by atoms with Gasteiger partial charge in [-0.25, -0.2) is 0 Å². The van der Waals surface area contributed by atoms with Crippen molar-refractivity contribution in [2.75, 3.05) is 27.8 Å². The molecule has 0 spiro atoms. The summed E-state index contributed by atoms with van der Waals surface area (Å²) in [7, 11) is 4.90. The van der Waals surface area contributed by atoms with Gasteiger partial charge in [-0.1, -0.05) is 18.2 Å². The summed E-state index contributed by atoms with van der Waals surface area (Å²) in [6, 6.07) is 12.1. The summed E-state index contributed by atoms with van der Waals surface area (Å²) in [4.78, 5) is 16.9. The lowest BCUT2D eigenvalue weighted by Crippen LogP contribution is -2.33. The molecule has 1 aliphatic carbocycles. The maximum Gasteiger partial charge on any atom is 0.270 e. The van der Waals surface area contributed by atoms with Crippen molar-refractivity contribution in [2.45, 2.75) is 32.1 Å². The second-order valence-corrected chi connectivity index (χ2v) is 6.96. The van der Waals surface area contributed by atoms with Crippen LogP contribution in [0.1, 0.15) is 35.1 Å². The summed E-state index contributed by atoms with van der Waals surface area (Å²) < 4.78 is 10.6. The number of methoxy groups -OCH3 is 2. The molecule has 1 N–H and O–H groups in total. The number of nitrogens with zero attached hydrogens (tertiary/aromatic N) is 1. The molecule has 28 heavy (non-hydrogen) atoms. The number of aliphatic imine (C=N–C) groups is 1. The van der Waals surface area contributed by atoms with Gasteiger partial charge in [0, 0.05) is 19.2 Å². The first-order valence-electron chi connectivity index (χ1n) is 9.74. The number of aryl methyl sites for hydroxylation is 2. The van der Waals surface area contributed by atoms with Gasteiger partial charge in [0.1, 0.15) is 5.71 Å². The fourth-order valence-corrected chi connectivity index (χ4v) is 3.68. The Labute approximate surface area is 166 Å². The van der Waals surface area contributed by atoms with Crippen LogP contribution in [0.15, 0.2) is 41.4 Å². The molecule has 2 aromatic carbocycles. The number of hydrogen-bond donors (Lipinski definition) is 1. The first kappa shape index (κ1) is 19.9. The van der Waals surface area contributed by atoms with E-state index in [1.54, 1.807) is 21.3 Å². The van der Waals surface area contributed by atoms with Crippen molar-refractivity contribution in [3.05, 3.63) is 58.7 Å². The van der Waals surface area contributed by atoms with E-state index in [-0.39, 0.29) is 5.91 Å². The van der Waals surface area contributed by atoms with Gasteiger partial charge in [0.05, 0.1) is 14.2 Å². The highest BCUT2D eigenvalue weighted by Gasteiger charge is 2.16. The van der Waals surface area contributed by atoms with Crippen LogP contribution in [0.4, 0.5) is 0 Å². The number of nitrogens with one attached hydrogen (secondary N) is 1. The Hall–Kier alpha value is -2.82. The lowest BCUT2D eigenvalue weighted by molar-refractivity contribution is -0.114. The molecule has 0 saturated heterocycles. The third-order valence-electron chi connectivity index (χ3n) is 5.21. The predicted molar refractivity (Wildman–Crippen MR) is 112 cm³/mol.